The van der Waals surface area contributed by atoms with Gasteiger partial charge < -0.3 is 15.5 Å². The summed E-state index contributed by atoms with van der Waals surface area (Å²) in [6.45, 7) is 0. The molecule has 18 heavy (non-hydrogen) atoms. The van der Waals surface area contributed by atoms with E-state index < -0.39 is 0 Å². The second-order valence-corrected chi connectivity index (χ2v) is 4.58. The summed E-state index contributed by atoms with van der Waals surface area (Å²) in [5.74, 6) is 1.72. The molecule has 5 nitrogen and oxygen atoms in total. The molecular formula is C12H13N3O2S. The fourth-order valence-electron chi connectivity index (χ4n) is 1.44. The number of ether oxygens (including phenoxy) is 1. The number of H-pyrrole nitrogens is 1. The first kappa shape index (κ1) is 12.5. The lowest BCUT2D eigenvalue weighted by Crippen LogP contribution is -2.09. The van der Waals surface area contributed by atoms with Gasteiger partial charge in [-0.15, -0.1) is 0 Å². The van der Waals surface area contributed by atoms with Gasteiger partial charge in [0, 0.05) is 11.8 Å². The molecule has 0 aliphatic rings. The second kappa shape index (κ2) is 5.59. The molecule has 6 heteroatoms. The zero-order chi connectivity index (χ0) is 13.0. The van der Waals surface area contributed by atoms with Crippen LogP contribution in [0.1, 0.15) is 5.56 Å². The maximum absolute atomic E-state index is 11.2. The Hall–Kier alpha value is -1.95. The number of nitrogens with one attached hydrogen (secondary N) is 1. The molecule has 0 spiro atoms. The zero-order valence-electron chi connectivity index (χ0n) is 9.84. The normalized spacial score (nSPS) is 10.3. The number of nitrogen functional groups attached to an aromatic ring is 1. The number of benzene rings is 1. The van der Waals surface area contributed by atoms with Crippen LogP contribution in [0, 0.1) is 0 Å². The standard InChI is InChI=1S/C12H13N3O2S/c1-17-9-4-2-3-8(5-9)7-18-12-14-10(13)6-11(16)15-12/h2-6H,7H2,1H3,(H3,13,14,15,16). The summed E-state index contributed by atoms with van der Waals surface area (Å²) < 4.78 is 5.14. The van der Waals surface area contributed by atoms with Crippen molar-refractivity contribution in [1.82, 2.24) is 9.97 Å². The fourth-order valence-corrected chi connectivity index (χ4v) is 2.26. The highest BCUT2D eigenvalue weighted by atomic mass is 32.2. The van der Waals surface area contributed by atoms with E-state index in [1.165, 1.54) is 17.8 Å². The van der Waals surface area contributed by atoms with E-state index >= 15 is 0 Å². The van der Waals surface area contributed by atoms with Gasteiger partial charge in [0.2, 0.25) is 0 Å². The van der Waals surface area contributed by atoms with Crippen molar-refractivity contribution in [2.45, 2.75) is 10.9 Å². The van der Waals surface area contributed by atoms with E-state index in [9.17, 15) is 4.79 Å². The summed E-state index contributed by atoms with van der Waals surface area (Å²) in [5, 5.41) is 0.516. The number of hydrogen-bond acceptors (Lipinski definition) is 5. The Morgan fingerprint density at radius 1 is 1.44 bits per heavy atom. The second-order valence-electron chi connectivity index (χ2n) is 3.62. The van der Waals surface area contributed by atoms with E-state index in [4.69, 9.17) is 10.5 Å². The van der Waals surface area contributed by atoms with Crippen LogP contribution in [0.3, 0.4) is 0 Å². The van der Waals surface area contributed by atoms with E-state index in [0.717, 1.165) is 11.3 Å². The molecule has 0 amide bonds. The van der Waals surface area contributed by atoms with Gasteiger partial charge in [-0.05, 0) is 17.7 Å². The summed E-state index contributed by atoms with van der Waals surface area (Å²) >= 11 is 1.42. The highest BCUT2D eigenvalue weighted by Gasteiger charge is 2.01. The fraction of sp³-hybridized carbons (Fsp3) is 0.167. The number of thioether (sulfide) groups is 1. The molecule has 0 aliphatic heterocycles. The number of aromatic nitrogens is 2. The summed E-state index contributed by atoms with van der Waals surface area (Å²) in [7, 11) is 1.63. The Morgan fingerprint density at radius 3 is 3.00 bits per heavy atom. The Bertz CT molecular complexity index is 598. The monoisotopic (exact) mass is 263 g/mol. The molecule has 3 N–H and O–H groups in total. The lowest BCUT2D eigenvalue weighted by atomic mass is 10.2. The number of anilines is 1. The summed E-state index contributed by atoms with van der Waals surface area (Å²) in [6, 6.07) is 8.99. The maximum atomic E-state index is 11.2. The molecule has 1 heterocycles. The van der Waals surface area contributed by atoms with E-state index in [1.54, 1.807) is 7.11 Å². The van der Waals surface area contributed by atoms with Crippen molar-refractivity contribution in [2.24, 2.45) is 0 Å². The maximum Gasteiger partial charge on any atom is 0.253 e. The zero-order valence-corrected chi connectivity index (χ0v) is 10.7. The van der Waals surface area contributed by atoms with Crippen LogP contribution in [0.2, 0.25) is 0 Å². The third kappa shape index (κ3) is 3.27. The topological polar surface area (TPSA) is 81.0 Å². The van der Waals surface area contributed by atoms with Crippen LogP contribution < -0.4 is 16.0 Å². The molecular weight excluding hydrogens is 250 g/mol. The smallest absolute Gasteiger partial charge is 0.253 e. The van der Waals surface area contributed by atoms with Crippen LogP contribution in [0.15, 0.2) is 40.3 Å². The summed E-state index contributed by atoms with van der Waals surface area (Å²) in [5.41, 5.74) is 6.36. The summed E-state index contributed by atoms with van der Waals surface area (Å²) in [6.07, 6.45) is 0. The largest absolute Gasteiger partial charge is 0.497 e. The average Bonchev–Trinajstić information content (AvgIpc) is 2.35. The minimum Gasteiger partial charge on any atom is -0.497 e. The first-order valence-electron chi connectivity index (χ1n) is 5.30. The van der Waals surface area contributed by atoms with E-state index in [1.807, 2.05) is 24.3 Å². The van der Waals surface area contributed by atoms with Crippen LogP contribution in [0.4, 0.5) is 5.82 Å². The highest BCUT2D eigenvalue weighted by Crippen LogP contribution is 2.21. The van der Waals surface area contributed by atoms with Gasteiger partial charge in [0.15, 0.2) is 5.16 Å². The van der Waals surface area contributed by atoms with Crippen molar-refractivity contribution >= 4 is 17.6 Å². The number of aromatic amines is 1. The molecule has 94 valence electrons. The molecule has 0 fully saturated rings. The third-order valence-electron chi connectivity index (χ3n) is 2.25. The Morgan fingerprint density at radius 2 is 2.28 bits per heavy atom. The third-order valence-corrected chi connectivity index (χ3v) is 3.19. The number of nitrogens with zero attached hydrogens (tertiary/aromatic N) is 1. The molecule has 0 bridgehead atoms. The van der Waals surface area contributed by atoms with E-state index in [0.29, 0.717) is 10.9 Å². The van der Waals surface area contributed by atoms with Gasteiger partial charge in [-0.3, -0.25) is 4.79 Å². The van der Waals surface area contributed by atoms with Crippen LogP contribution in [-0.4, -0.2) is 17.1 Å². The SMILES string of the molecule is COc1cccc(CSc2nc(N)cc(=O)[nH]2)c1. The van der Waals surface area contributed by atoms with E-state index in [2.05, 4.69) is 9.97 Å². The molecule has 0 unspecified atom stereocenters. The number of hydrogen-bond donors (Lipinski definition) is 2. The van der Waals surface area contributed by atoms with Crippen molar-refractivity contribution in [3.63, 3.8) is 0 Å². The van der Waals surface area contributed by atoms with Crippen molar-refractivity contribution < 1.29 is 4.74 Å². The number of methoxy groups -OCH3 is 1. The highest BCUT2D eigenvalue weighted by molar-refractivity contribution is 7.98. The van der Waals surface area contributed by atoms with Gasteiger partial charge in [0.25, 0.3) is 5.56 Å². The molecule has 0 saturated carbocycles. The first-order chi connectivity index (χ1) is 8.67. The van der Waals surface area contributed by atoms with Crippen molar-refractivity contribution in [3.05, 3.63) is 46.2 Å². The summed E-state index contributed by atoms with van der Waals surface area (Å²) in [4.78, 5) is 17.9. The van der Waals surface area contributed by atoms with Gasteiger partial charge in [-0.1, -0.05) is 23.9 Å². The minimum absolute atomic E-state index is 0.229. The quantitative estimate of drug-likeness (QED) is 0.647. The Balaban J connectivity index is 2.08. The van der Waals surface area contributed by atoms with Gasteiger partial charge in [0.1, 0.15) is 11.6 Å². The number of nitrogens with two attached hydrogens (primary N) is 1. The van der Waals surface area contributed by atoms with Crippen LogP contribution >= 0.6 is 11.8 Å². The first-order valence-corrected chi connectivity index (χ1v) is 6.28. The molecule has 0 aliphatic carbocycles. The molecule has 2 rings (SSSR count). The van der Waals surface area contributed by atoms with Crippen LogP contribution in [-0.2, 0) is 5.75 Å². The van der Waals surface area contributed by atoms with Gasteiger partial charge in [-0.2, -0.15) is 0 Å². The van der Waals surface area contributed by atoms with Crippen molar-refractivity contribution in [2.75, 3.05) is 12.8 Å². The van der Waals surface area contributed by atoms with Gasteiger partial charge >= 0.3 is 0 Å². The van der Waals surface area contributed by atoms with Gasteiger partial charge in [-0.25, -0.2) is 4.98 Å². The molecule has 0 radical (unpaired) electrons. The molecule has 1 aromatic carbocycles. The minimum atomic E-state index is -0.240. The Kier molecular flexibility index (Phi) is 3.88. The van der Waals surface area contributed by atoms with Crippen LogP contribution in [0.25, 0.3) is 0 Å². The predicted molar refractivity (Wildman–Crippen MR) is 71.8 cm³/mol. The Labute approximate surface area is 108 Å². The molecule has 0 atom stereocenters. The predicted octanol–water partition coefficient (Wildman–Crippen LogP) is 1.65. The van der Waals surface area contributed by atoms with Crippen LogP contribution in [0.5, 0.6) is 5.75 Å². The van der Waals surface area contributed by atoms with E-state index in [-0.39, 0.29) is 11.4 Å². The number of rotatable bonds is 4. The molecule has 2 aromatic rings. The lowest BCUT2D eigenvalue weighted by Gasteiger charge is -2.04. The average molecular weight is 263 g/mol. The molecule has 1 aromatic heterocycles. The van der Waals surface area contributed by atoms with Gasteiger partial charge in [0.05, 0.1) is 7.11 Å². The lowest BCUT2D eigenvalue weighted by molar-refractivity contribution is 0.414. The molecule has 0 saturated heterocycles. The van der Waals surface area contributed by atoms with Crippen molar-refractivity contribution in [3.8, 4) is 5.75 Å². The van der Waals surface area contributed by atoms with Crippen molar-refractivity contribution in [1.29, 1.82) is 0 Å².